The van der Waals surface area contributed by atoms with Gasteiger partial charge in [0.1, 0.15) is 11.2 Å². The second kappa shape index (κ2) is 11.0. The first-order valence-electron chi connectivity index (χ1n) is 16.7. The van der Waals surface area contributed by atoms with Gasteiger partial charge in [0.2, 0.25) is 0 Å². The molecule has 0 amide bonds. The monoisotopic (exact) mass is 626 g/mol. The number of anilines is 3. The molecule has 0 N–H and O–H groups in total. The number of fused-ring (bicyclic) bond motifs is 8. The molecule has 0 unspecified atom stereocenters. The summed E-state index contributed by atoms with van der Waals surface area (Å²) < 4.78 is 8.75. The molecule has 49 heavy (non-hydrogen) atoms. The third kappa shape index (κ3) is 4.44. The van der Waals surface area contributed by atoms with Crippen LogP contribution in [0.5, 0.6) is 0 Å². The van der Waals surface area contributed by atoms with Crippen molar-refractivity contribution >= 4 is 71.6 Å². The highest BCUT2D eigenvalue weighted by Crippen LogP contribution is 2.41. The highest BCUT2D eigenvalue weighted by atomic mass is 16.3. The first-order chi connectivity index (χ1) is 24.3. The first-order valence-corrected chi connectivity index (χ1v) is 16.7. The Bertz CT molecular complexity index is 2830. The van der Waals surface area contributed by atoms with Crippen LogP contribution in [0.3, 0.4) is 0 Å². The molecule has 3 nitrogen and oxygen atoms in total. The van der Waals surface area contributed by atoms with Crippen LogP contribution in [0.2, 0.25) is 0 Å². The summed E-state index contributed by atoms with van der Waals surface area (Å²) >= 11 is 0. The van der Waals surface area contributed by atoms with Crippen molar-refractivity contribution in [2.45, 2.75) is 0 Å². The molecule has 0 aliphatic heterocycles. The van der Waals surface area contributed by atoms with Crippen LogP contribution in [-0.4, -0.2) is 4.57 Å². The van der Waals surface area contributed by atoms with Gasteiger partial charge in [0.15, 0.2) is 0 Å². The third-order valence-corrected chi connectivity index (χ3v) is 9.76. The van der Waals surface area contributed by atoms with Gasteiger partial charge >= 0.3 is 0 Å². The second-order valence-corrected chi connectivity index (χ2v) is 12.6. The van der Waals surface area contributed by atoms with Crippen LogP contribution in [0.15, 0.2) is 186 Å². The lowest BCUT2D eigenvalue weighted by molar-refractivity contribution is 0.669. The maximum absolute atomic E-state index is 6.36. The standard InChI is InChI=1S/C46H30N2O/c1-2-11-31(12-3-1)33-14-10-15-36(29-33)47(37-26-27-40-39-17-7-9-20-44(39)49-45(40)30-37)34-22-24-35(25-23-34)48-42-19-8-6-18-41(42)46-38-16-5-4-13-32(38)21-28-43(46)48/h1-30H. The molecule has 3 heteroatoms. The van der Waals surface area contributed by atoms with Crippen LogP contribution in [0.25, 0.3) is 71.3 Å². The molecular formula is C46H30N2O. The van der Waals surface area contributed by atoms with E-state index < -0.39 is 0 Å². The fourth-order valence-corrected chi connectivity index (χ4v) is 7.52. The molecule has 0 radical (unpaired) electrons. The minimum atomic E-state index is 0.872. The smallest absolute Gasteiger partial charge is 0.137 e. The molecule has 0 aliphatic rings. The van der Waals surface area contributed by atoms with Crippen LogP contribution in [0, 0.1) is 0 Å². The van der Waals surface area contributed by atoms with Crippen LogP contribution in [0.1, 0.15) is 0 Å². The zero-order chi connectivity index (χ0) is 32.3. The number of hydrogen-bond acceptors (Lipinski definition) is 2. The number of rotatable bonds is 5. The summed E-state index contributed by atoms with van der Waals surface area (Å²) in [6, 6.07) is 64.9. The second-order valence-electron chi connectivity index (χ2n) is 12.6. The molecule has 230 valence electrons. The SMILES string of the molecule is c1ccc(-c2cccc(N(c3ccc(-n4c5ccccc5c5c6ccccc6ccc54)cc3)c3ccc4c(c3)oc3ccccc34)c2)cc1. The minimum absolute atomic E-state index is 0.872. The molecule has 0 fully saturated rings. The van der Waals surface area contributed by atoms with E-state index in [9.17, 15) is 0 Å². The van der Waals surface area contributed by atoms with Gasteiger partial charge in [0.25, 0.3) is 0 Å². The maximum atomic E-state index is 6.36. The summed E-state index contributed by atoms with van der Waals surface area (Å²) in [6.45, 7) is 0. The van der Waals surface area contributed by atoms with Crippen molar-refractivity contribution in [1.29, 1.82) is 0 Å². The molecule has 10 rings (SSSR count). The van der Waals surface area contributed by atoms with E-state index >= 15 is 0 Å². The van der Waals surface area contributed by atoms with Gasteiger partial charge in [0, 0.05) is 50.4 Å². The summed E-state index contributed by atoms with van der Waals surface area (Å²) in [5.74, 6) is 0. The van der Waals surface area contributed by atoms with E-state index in [-0.39, 0.29) is 0 Å². The largest absolute Gasteiger partial charge is 0.456 e. The van der Waals surface area contributed by atoms with Gasteiger partial charge in [-0.1, -0.05) is 109 Å². The lowest BCUT2D eigenvalue weighted by Gasteiger charge is -2.26. The Labute approximate surface area is 283 Å². The Hall–Kier alpha value is -6.58. The van der Waals surface area contributed by atoms with E-state index in [4.69, 9.17) is 4.42 Å². The maximum Gasteiger partial charge on any atom is 0.137 e. The van der Waals surface area contributed by atoms with Gasteiger partial charge < -0.3 is 13.9 Å². The van der Waals surface area contributed by atoms with Gasteiger partial charge in [-0.3, -0.25) is 0 Å². The molecule has 0 saturated carbocycles. The summed E-state index contributed by atoms with van der Waals surface area (Å²) in [7, 11) is 0. The third-order valence-electron chi connectivity index (χ3n) is 9.76. The summed E-state index contributed by atoms with van der Waals surface area (Å²) in [4.78, 5) is 2.32. The number of furan rings is 1. The average Bonchev–Trinajstić information content (AvgIpc) is 3.71. The number of nitrogens with zero attached hydrogens (tertiary/aromatic N) is 2. The Morgan fingerprint density at radius 2 is 1.06 bits per heavy atom. The normalized spacial score (nSPS) is 11.7. The van der Waals surface area contributed by atoms with Gasteiger partial charge in [-0.2, -0.15) is 0 Å². The number of hydrogen-bond donors (Lipinski definition) is 0. The Kier molecular flexibility index (Phi) is 6.18. The Balaban J connectivity index is 1.15. The van der Waals surface area contributed by atoms with E-state index in [0.717, 1.165) is 44.7 Å². The van der Waals surface area contributed by atoms with Crippen molar-refractivity contribution in [2.24, 2.45) is 0 Å². The van der Waals surface area contributed by atoms with E-state index in [2.05, 4.69) is 179 Å². The van der Waals surface area contributed by atoms with Gasteiger partial charge in [0.05, 0.1) is 11.0 Å². The van der Waals surface area contributed by atoms with Crippen LogP contribution < -0.4 is 4.90 Å². The number of aromatic nitrogens is 1. The predicted octanol–water partition coefficient (Wildman–Crippen LogP) is 13.0. The quantitative estimate of drug-likeness (QED) is 0.190. The zero-order valence-corrected chi connectivity index (χ0v) is 26.6. The lowest BCUT2D eigenvalue weighted by Crippen LogP contribution is -2.10. The van der Waals surface area contributed by atoms with E-state index in [1.165, 1.54) is 43.7 Å². The van der Waals surface area contributed by atoms with Crippen molar-refractivity contribution in [3.8, 4) is 16.8 Å². The van der Waals surface area contributed by atoms with Crippen LogP contribution in [-0.2, 0) is 0 Å². The topological polar surface area (TPSA) is 21.3 Å². The molecule has 10 aromatic rings. The number of para-hydroxylation sites is 2. The van der Waals surface area contributed by atoms with E-state index in [0.29, 0.717) is 0 Å². The molecule has 0 spiro atoms. The first kappa shape index (κ1) is 27.5. The molecule has 2 heterocycles. The molecule has 0 aliphatic carbocycles. The van der Waals surface area contributed by atoms with Crippen molar-refractivity contribution in [2.75, 3.05) is 4.90 Å². The summed E-state index contributed by atoms with van der Waals surface area (Å²) in [5.41, 5.74) is 10.8. The van der Waals surface area contributed by atoms with Crippen LogP contribution >= 0.6 is 0 Å². The zero-order valence-electron chi connectivity index (χ0n) is 26.6. The van der Waals surface area contributed by atoms with Gasteiger partial charge in [-0.15, -0.1) is 0 Å². The van der Waals surface area contributed by atoms with Gasteiger partial charge in [-0.25, -0.2) is 0 Å². The predicted molar refractivity (Wildman–Crippen MR) is 206 cm³/mol. The lowest BCUT2D eigenvalue weighted by atomic mass is 10.0. The van der Waals surface area contributed by atoms with Gasteiger partial charge in [-0.05, 0) is 88.6 Å². The molecule has 2 aromatic heterocycles. The molecule has 0 bridgehead atoms. The van der Waals surface area contributed by atoms with Crippen molar-refractivity contribution in [3.63, 3.8) is 0 Å². The van der Waals surface area contributed by atoms with Crippen LogP contribution in [0.4, 0.5) is 17.1 Å². The van der Waals surface area contributed by atoms with E-state index in [1.54, 1.807) is 0 Å². The number of benzene rings is 8. The minimum Gasteiger partial charge on any atom is -0.456 e. The molecule has 8 aromatic carbocycles. The molecule has 0 atom stereocenters. The van der Waals surface area contributed by atoms with Crippen molar-refractivity contribution in [1.82, 2.24) is 4.57 Å². The fraction of sp³-hybridized carbons (Fsp3) is 0. The van der Waals surface area contributed by atoms with E-state index in [1.807, 2.05) is 12.1 Å². The average molecular weight is 627 g/mol. The fourth-order valence-electron chi connectivity index (χ4n) is 7.52. The Morgan fingerprint density at radius 1 is 0.388 bits per heavy atom. The highest BCUT2D eigenvalue weighted by molar-refractivity contribution is 6.21. The van der Waals surface area contributed by atoms with Crippen molar-refractivity contribution in [3.05, 3.63) is 182 Å². The molecular weight excluding hydrogens is 597 g/mol. The summed E-state index contributed by atoms with van der Waals surface area (Å²) in [5, 5.41) is 7.32. The van der Waals surface area contributed by atoms with Crippen molar-refractivity contribution < 1.29 is 4.42 Å². The highest BCUT2D eigenvalue weighted by Gasteiger charge is 2.18. The Morgan fingerprint density at radius 3 is 1.94 bits per heavy atom. The molecule has 0 saturated heterocycles. The summed E-state index contributed by atoms with van der Waals surface area (Å²) in [6.07, 6.45) is 0.